The molecule has 0 bridgehead atoms. The van der Waals surface area contributed by atoms with E-state index in [4.69, 9.17) is 0 Å². The molecule has 178 valence electrons. The van der Waals surface area contributed by atoms with Crippen molar-refractivity contribution < 1.29 is 21.7 Å². The maximum Gasteiger partial charge on any atom is 4.00 e. The van der Waals surface area contributed by atoms with Gasteiger partial charge in [-0.1, -0.05) is 68.0 Å². The van der Waals surface area contributed by atoms with Gasteiger partial charge in [-0.15, -0.1) is 48.4 Å². The molecule has 0 nitrogen and oxygen atoms in total. The van der Waals surface area contributed by atoms with Gasteiger partial charge in [0, 0.05) is 0 Å². The minimum Gasteiger partial charge on any atom is -0.318 e. The molecule has 6 rings (SSSR count). The SMILES string of the molecule is C1=CC2[CH-]C3CCCCC3C2C=C1.[CH2-]c1ccccc1.[CH2-]c1ccccc1.[CH2-]c1ccccc1.[Ti+4]. The van der Waals surface area contributed by atoms with E-state index in [2.05, 4.69) is 51.5 Å². The van der Waals surface area contributed by atoms with E-state index in [0.29, 0.717) is 0 Å². The minimum absolute atomic E-state index is 0. The van der Waals surface area contributed by atoms with Crippen molar-refractivity contribution in [2.24, 2.45) is 23.7 Å². The van der Waals surface area contributed by atoms with Gasteiger partial charge in [-0.3, -0.25) is 0 Å². The van der Waals surface area contributed by atoms with E-state index >= 15 is 0 Å². The van der Waals surface area contributed by atoms with Crippen LogP contribution in [0.4, 0.5) is 0 Å². The zero-order valence-corrected chi connectivity index (χ0v) is 22.4. The van der Waals surface area contributed by atoms with Crippen molar-refractivity contribution in [1.29, 1.82) is 0 Å². The van der Waals surface area contributed by atoms with E-state index in [1.54, 1.807) is 0 Å². The Bertz CT molecular complexity index is 886. The maximum absolute atomic E-state index is 3.72. The van der Waals surface area contributed by atoms with Gasteiger partial charge in [0.15, 0.2) is 0 Å². The zero-order chi connectivity index (χ0) is 24.0. The van der Waals surface area contributed by atoms with Crippen LogP contribution in [0.25, 0.3) is 0 Å². The first-order valence-corrected chi connectivity index (χ1v) is 12.4. The molecule has 0 spiro atoms. The topological polar surface area (TPSA) is 0 Å². The number of benzene rings is 3. The summed E-state index contributed by atoms with van der Waals surface area (Å²) in [6.45, 7) is 11.2. The number of allylic oxidation sites excluding steroid dienone is 4. The molecule has 1 heteroatoms. The quantitative estimate of drug-likeness (QED) is 0.216. The van der Waals surface area contributed by atoms with E-state index in [-0.39, 0.29) is 21.7 Å². The van der Waals surface area contributed by atoms with Crippen LogP contribution in [-0.4, -0.2) is 0 Å². The van der Waals surface area contributed by atoms with Gasteiger partial charge in [0.1, 0.15) is 0 Å². The van der Waals surface area contributed by atoms with Gasteiger partial charge in [-0.2, -0.15) is 79.8 Å². The van der Waals surface area contributed by atoms with Crippen molar-refractivity contribution in [1.82, 2.24) is 0 Å². The second kappa shape index (κ2) is 16.2. The summed E-state index contributed by atoms with van der Waals surface area (Å²) >= 11 is 0. The Morgan fingerprint density at radius 1 is 0.571 bits per heavy atom. The van der Waals surface area contributed by atoms with Gasteiger partial charge < -0.3 is 6.42 Å². The van der Waals surface area contributed by atoms with Gasteiger partial charge >= 0.3 is 21.7 Å². The van der Waals surface area contributed by atoms with E-state index in [0.717, 1.165) is 40.4 Å². The summed E-state index contributed by atoms with van der Waals surface area (Å²) in [7, 11) is 0. The maximum atomic E-state index is 3.72. The molecule has 0 amide bonds. The first-order valence-electron chi connectivity index (χ1n) is 12.4. The van der Waals surface area contributed by atoms with Crippen molar-refractivity contribution in [3.05, 3.63) is 159 Å². The van der Waals surface area contributed by atoms with Crippen molar-refractivity contribution in [3.8, 4) is 0 Å². The van der Waals surface area contributed by atoms with Crippen molar-refractivity contribution in [2.75, 3.05) is 0 Å². The van der Waals surface area contributed by atoms with Crippen LogP contribution in [0, 0.1) is 50.9 Å². The molecule has 0 radical (unpaired) electrons. The Morgan fingerprint density at radius 2 is 1.00 bits per heavy atom. The largest absolute Gasteiger partial charge is 4.00 e. The molecule has 3 aliphatic carbocycles. The summed E-state index contributed by atoms with van der Waals surface area (Å²) in [5.41, 5.74) is 3.22. The Morgan fingerprint density at radius 3 is 1.43 bits per heavy atom. The molecule has 0 heterocycles. The summed E-state index contributed by atoms with van der Waals surface area (Å²) in [4.78, 5) is 0. The molecule has 3 aromatic rings. The predicted molar refractivity (Wildman–Crippen MR) is 148 cm³/mol. The van der Waals surface area contributed by atoms with Crippen molar-refractivity contribution >= 4 is 0 Å². The van der Waals surface area contributed by atoms with Gasteiger partial charge in [-0.25, -0.2) is 0 Å². The fourth-order valence-corrected chi connectivity index (χ4v) is 4.89. The van der Waals surface area contributed by atoms with E-state index in [1.807, 2.05) is 91.0 Å². The Balaban J connectivity index is 0.000000172. The summed E-state index contributed by atoms with van der Waals surface area (Å²) < 4.78 is 0. The van der Waals surface area contributed by atoms with E-state index in [1.165, 1.54) is 25.7 Å². The average Bonchev–Trinajstić information content (AvgIpc) is 3.26. The van der Waals surface area contributed by atoms with Crippen LogP contribution in [-0.2, 0) is 21.7 Å². The molecule has 0 saturated heterocycles. The van der Waals surface area contributed by atoms with Crippen LogP contribution < -0.4 is 0 Å². The van der Waals surface area contributed by atoms with Gasteiger partial charge in [0.2, 0.25) is 0 Å². The van der Waals surface area contributed by atoms with E-state index in [9.17, 15) is 0 Å². The third kappa shape index (κ3) is 10.3. The number of hydrogen-bond donors (Lipinski definition) is 0. The zero-order valence-electron chi connectivity index (χ0n) is 20.8. The molecule has 2 saturated carbocycles. The van der Waals surface area contributed by atoms with E-state index < -0.39 is 0 Å². The predicted octanol–water partition coefficient (Wildman–Crippen LogP) is 8.97. The smallest absolute Gasteiger partial charge is 0.318 e. The second-order valence-corrected chi connectivity index (χ2v) is 9.19. The fourth-order valence-electron chi connectivity index (χ4n) is 4.89. The summed E-state index contributed by atoms with van der Waals surface area (Å²) in [6, 6.07) is 29.6. The molecule has 4 atom stereocenters. The van der Waals surface area contributed by atoms with Crippen LogP contribution >= 0.6 is 0 Å². The molecule has 0 aromatic heterocycles. The summed E-state index contributed by atoms with van der Waals surface area (Å²) in [5.74, 6) is 3.56. The standard InChI is InChI=1S/C13H17.3C7H7.Ti/c1-3-7-12-10(5-1)9-11-6-2-4-8-13(11)12;3*1-7-5-3-2-4-6-7;/h1,3,5,7,9-13H,2,4,6,8H2;3*2-6H,1H2;/q4*-1;+4. The molecule has 35 heavy (non-hydrogen) atoms. The summed E-state index contributed by atoms with van der Waals surface area (Å²) in [5, 5.41) is 0. The number of hydrogen-bond acceptors (Lipinski definition) is 0. The summed E-state index contributed by atoms with van der Waals surface area (Å²) in [6.07, 6.45) is 17.8. The molecule has 3 aliphatic rings. The van der Waals surface area contributed by atoms with Crippen LogP contribution in [0.1, 0.15) is 42.4 Å². The Labute approximate surface area is 229 Å². The molecule has 3 aromatic carbocycles. The fraction of sp³-hybridized carbons (Fsp3) is 0.235. The Hall–Kier alpha value is -2.54. The molecule has 0 N–H and O–H groups in total. The molecule has 2 fully saturated rings. The average molecular weight is 495 g/mol. The minimum atomic E-state index is 0. The molecular weight excluding hydrogens is 456 g/mol. The van der Waals surface area contributed by atoms with Crippen LogP contribution in [0.5, 0.6) is 0 Å². The van der Waals surface area contributed by atoms with Gasteiger partial charge in [-0.05, 0) is 5.92 Å². The third-order valence-electron chi connectivity index (χ3n) is 6.59. The normalized spacial score (nSPS) is 22.7. The third-order valence-corrected chi connectivity index (χ3v) is 6.59. The Kier molecular flexibility index (Phi) is 13.3. The molecular formula is C34H38Ti. The van der Waals surface area contributed by atoms with Gasteiger partial charge in [0.05, 0.1) is 0 Å². The van der Waals surface area contributed by atoms with Crippen molar-refractivity contribution in [2.45, 2.75) is 25.7 Å². The second-order valence-electron chi connectivity index (χ2n) is 9.19. The molecule has 4 unspecified atom stereocenters. The van der Waals surface area contributed by atoms with Gasteiger partial charge in [0.25, 0.3) is 0 Å². The number of rotatable bonds is 0. The first kappa shape index (κ1) is 28.7. The monoisotopic (exact) mass is 494 g/mol. The van der Waals surface area contributed by atoms with Crippen molar-refractivity contribution in [3.63, 3.8) is 0 Å². The number of fused-ring (bicyclic) bond motifs is 3. The molecule has 0 aliphatic heterocycles. The van der Waals surface area contributed by atoms with Crippen LogP contribution in [0.2, 0.25) is 0 Å². The van der Waals surface area contributed by atoms with Crippen LogP contribution in [0.3, 0.4) is 0 Å². The van der Waals surface area contributed by atoms with Crippen LogP contribution in [0.15, 0.2) is 115 Å². The first-order chi connectivity index (χ1) is 16.6.